The number of halogens is 2. The van der Waals surface area contributed by atoms with E-state index in [0.717, 1.165) is 7.70 Å². The Balaban J connectivity index is 3.15. The second-order valence-corrected chi connectivity index (χ2v) is 4.84. The Morgan fingerprint density at radius 1 is 1.56 bits per heavy atom. The first-order valence-electron chi connectivity index (χ1n) is 2.01. The normalized spacial score (nSPS) is 9.56. The molecule has 1 aromatic heterocycles. The van der Waals surface area contributed by atoms with Crippen molar-refractivity contribution in [1.29, 1.82) is 0 Å². The van der Waals surface area contributed by atoms with Crippen molar-refractivity contribution in [3.8, 4) is 0 Å². The van der Waals surface area contributed by atoms with Gasteiger partial charge in [0.2, 0.25) is 0 Å². The van der Waals surface area contributed by atoms with Gasteiger partial charge in [0.25, 0.3) is 0 Å². The summed E-state index contributed by atoms with van der Waals surface area (Å²) in [4.78, 5) is 14.0. The van der Waals surface area contributed by atoms with E-state index in [1.54, 1.807) is 0 Å². The zero-order chi connectivity index (χ0) is 6.85. The molecule has 0 aliphatic heterocycles. The minimum absolute atomic E-state index is 0.451. The van der Waals surface area contributed by atoms with E-state index in [2.05, 4.69) is 36.8 Å². The highest BCUT2D eigenvalue weighted by molar-refractivity contribution is 9.12. The summed E-state index contributed by atoms with van der Waals surface area (Å²) in [5.74, 6) is 0. The Kier molecular flexibility index (Phi) is 2.37. The summed E-state index contributed by atoms with van der Waals surface area (Å²) < 4.78 is 1.49. The molecule has 0 aliphatic carbocycles. The summed E-state index contributed by atoms with van der Waals surface area (Å²) in [6.07, 6.45) is 0.714. The molecule has 0 atom stereocenters. The highest BCUT2D eigenvalue weighted by atomic mass is 79.9. The molecule has 0 amide bonds. The molecule has 48 valence electrons. The molecule has 0 N–H and O–H groups in total. The van der Waals surface area contributed by atoms with Gasteiger partial charge in [0, 0.05) is 0 Å². The molecule has 0 bridgehead atoms. The molecule has 9 heavy (non-hydrogen) atoms. The van der Waals surface area contributed by atoms with Crippen LogP contribution in [0.1, 0.15) is 10.5 Å². The van der Waals surface area contributed by atoms with Gasteiger partial charge >= 0.3 is 0 Å². The predicted octanol–water partition coefficient (Wildman–Crippen LogP) is 2.48. The van der Waals surface area contributed by atoms with E-state index in [9.17, 15) is 4.79 Å². The van der Waals surface area contributed by atoms with Gasteiger partial charge in [0.1, 0.15) is 9.48 Å². The van der Waals surface area contributed by atoms with Crippen LogP contribution in [0, 0.1) is 0 Å². The second-order valence-electron chi connectivity index (χ2n) is 1.24. The van der Waals surface area contributed by atoms with Crippen molar-refractivity contribution in [3.63, 3.8) is 0 Å². The second kappa shape index (κ2) is 2.90. The van der Waals surface area contributed by atoms with Crippen molar-refractivity contribution in [3.05, 3.63) is 13.4 Å². The fourth-order valence-electron chi connectivity index (χ4n) is 0.360. The van der Waals surface area contributed by atoms with Crippen LogP contribution in [-0.2, 0) is 0 Å². The number of thiazole rings is 1. The van der Waals surface area contributed by atoms with Gasteiger partial charge in [-0.05, 0) is 31.9 Å². The molecule has 0 saturated heterocycles. The Labute approximate surface area is 72.6 Å². The van der Waals surface area contributed by atoms with Gasteiger partial charge in [0.15, 0.2) is 10.2 Å². The number of carbonyl (C=O) groups is 1. The summed E-state index contributed by atoms with van der Waals surface area (Å²) in [5.41, 5.74) is 0.451. The van der Waals surface area contributed by atoms with E-state index in [4.69, 9.17) is 0 Å². The predicted molar refractivity (Wildman–Crippen MR) is 42.9 cm³/mol. The molecule has 0 radical (unpaired) electrons. The Morgan fingerprint density at radius 3 is 2.44 bits per heavy atom. The van der Waals surface area contributed by atoms with Gasteiger partial charge in [-0.3, -0.25) is 4.79 Å². The van der Waals surface area contributed by atoms with Gasteiger partial charge in [-0.2, -0.15) is 0 Å². The van der Waals surface area contributed by atoms with Gasteiger partial charge in [0.05, 0.1) is 0 Å². The lowest BCUT2D eigenvalue weighted by atomic mass is 10.6. The van der Waals surface area contributed by atoms with Gasteiger partial charge in [-0.25, -0.2) is 4.98 Å². The molecule has 0 saturated carbocycles. The maximum atomic E-state index is 10.1. The molecule has 0 aliphatic rings. The first-order chi connectivity index (χ1) is 4.24. The van der Waals surface area contributed by atoms with Crippen LogP contribution in [0.5, 0.6) is 0 Å². The van der Waals surface area contributed by atoms with Gasteiger partial charge < -0.3 is 0 Å². The minimum atomic E-state index is 0.451. The van der Waals surface area contributed by atoms with Crippen molar-refractivity contribution in [2.24, 2.45) is 0 Å². The lowest BCUT2D eigenvalue weighted by Crippen LogP contribution is -1.76. The first kappa shape index (κ1) is 7.37. The largest absolute Gasteiger partial charge is 0.296 e. The smallest absolute Gasteiger partial charge is 0.170 e. The number of rotatable bonds is 1. The molecule has 1 aromatic rings. The molecule has 0 aromatic carbocycles. The molecular weight excluding hydrogens is 270 g/mol. The molecule has 2 nitrogen and oxygen atoms in total. The first-order valence-corrected chi connectivity index (χ1v) is 4.41. The van der Waals surface area contributed by atoms with Crippen LogP contribution in [-0.4, -0.2) is 11.3 Å². The summed E-state index contributed by atoms with van der Waals surface area (Å²) >= 11 is 7.70. The number of hydrogen-bond acceptors (Lipinski definition) is 3. The molecule has 5 heteroatoms. The molecule has 0 spiro atoms. The van der Waals surface area contributed by atoms with E-state index in [1.807, 2.05) is 0 Å². The third-order valence-corrected chi connectivity index (χ3v) is 2.90. The molecule has 1 rings (SSSR count). The SMILES string of the molecule is O=Cc1nc(Br)sc1Br. The van der Waals surface area contributed by atoms with Crippen LogP contribution >= 0.6 is 43.2 Å². The highest BCUT2D eigenvalue weighted by Crippen LogP contribution is 2.26. The standard InChI is InChI=1S/C4HBr2NOS/c5-3-2(1-8)7-4(6)9-3/h1H. The third kappa shape index (κ3) is 1.59. The van der Waals surface area contributed by atoms with Crippen LogP contribution in [0.25, 0.3) is 0 Å². The highest BCUT2D eigenvalue weighted by Gasteiger charge is 2.03. The summed E-state index contributed by atoms with van der Waals surface area (Å²) in [7, 11) is 0. The fraction of sp³-hybridized carbons (Fsp3) is 0. The summed E-state index contributed by atoms with van der Waals surface area (Å²) in [5, 5.41) is 0. The number of hydrogen-bond donors (Lipinski definition) is 0. The van der Waals surface area contributed by atoms with Crippen LogP contribution in [0.3, 0.4) is 0 Å². The number of aromatic nitrogens is 1. The summed E-state index contributed by atoms with van der Waals surface area (Å²) in [6, 6.07) is 0. The van der Waals surface area contributed by atoms with Crippen LogP contribution in [0.15, 0.2) is 7.70 Å². The maximum Gasteiger partial charge on any atom is 0.170 e. The Bertz CT molecular complexity index is 234. The van der Waals surface area contributed by atoms with E-state index in [-0.39, 0.29) is 0 Å². The van der Waals surface area contributed by atoms with Gasteiger partial charge in [-0.1, -0.05) is 11.3 Å². The van der Waals surface area contributed by atoms with Crippen LogP contribution in [0.2, 0.25) is 0 Å². The van der Waals surface area contributed by atoms with Crippen molar-refractivity contribution >= 4 is 49.5 Å². The van der Waals surface area contributed by atoms with E-state index >= 15 is 0 Å². The van der Waals surface area contributed by atoms with E-state index < -0.39 is 0 Å². The Hall–Kier alpha value is 0.260. The third-order valence-electron chi connectivity index (χ3n) is 0.695. The maximum absolute atomic E-state index is 10.1. The summed E-state index contributed by atoms with van der Waals surface area (Å²) in [6.45, 7) is 0. The van der Waals surface area contributed by atoms with Crippen LogP contribution < -0.4 is 0 Å². The lowest BCUT2D eigenvalue weighted by Gasteiger charge is -1.74. The number of carbonyl (C=O) groups excluding carboxylic acids is 1. The number of nitrogens with zero attached hydrogens (tertiary/aromatic N) is 1. The monoisotopic (exact) mass is 269 g/mol. The topological polar surface area (TPSA) is 30.0 Å². The fourth-order valence-corrected chi connectivity index (χ4v) is 2.82. The van der Waals surface area contributed by atoms with Crippen molar-refractivity contribution in [2.75, 3.05) is 0 Å². The van der Waals surface area contributed by atoms with Gasteiger partial charge in [-0.15, -0.1) is 0 Å². The average molecular weight is 271 g/mol. The van der Waals surface area contributed by atoms with Crippen LogP contribution in [0.4, 0.5) is 0 Å². The quantitative estimate of drug-likeness (QED) is 0.734. The molecule has 0 unspecified atom stereocenters. The Morgan fingerprint density at radius 2 is 2.22 bits per heavy atom. The minimum Gasteiger partial charge on any atom is -0.296 e. The van der Waals surface area contributed by atoms with E-state index in [1.165, 1.54) is 11.3 Å². The van der Waals surface area contributed by atoms with E-state index in [0.29, 0.717) is 12.0 Å². The zero-order valence-electron chi connectivity index (χ0n) is 4.10. The molecule has 1 heterocycles. The molecule has 0 fully saturated rings. The lowest BCUT2D eigenvalue weighted by molar-refractivity contribution is 0.111. The average Bonchev–Trinajstić information content (AvgIpc) is 2.10. The zero-order valence-corrected chi connectivity index (χ0v) is 8.09. The molecular formula is C4HBr2NOS. The van der Waals surface area contributed by atoms with Crippen molar-refractivity contribution in [1.82, 2.24) is 4.98 Å². The number of aldehydes is 1. The van der Waals surface area contributed by atoms with Crippen molar-refractivity contribution in [2.45, 2.75) is 0 Å². The van der Waals surface area contributed by atoms with Crippen molar-refractivity contribution < 1.29 is 4.79 Å².